The van der Waals surface area contributed by atoms with Crippen LogP contribution in [0.25, 0.3) is 22.2 Å². The molecule has 1 heterocycles. The summed E-state index contributed by atoms with van der Waals surface area (Å²) in [5, 5.41) is 7.72. The number of hydrogen-bond donors (Lipinski definition) is 3. The summed E-state index contributed by atoms with van der Waals surface area (Å²) >= 11 is 0. The van der Waals surface area contributed by atoms with Gasteiger partial charge in [0, 0.05) is 16.8 Å². The zero-order valence-electron chi connectivity index (χ0n) is 16.7. The molecule has 0 atom stereocenters. The van der Waals surface area contributed by atoms with Gasteiger partial charge >= 0.3 is 0 Å². The number of anilines is 1. The van der Waals surface area contributed by atoms with Crippen LogP contribution in [-0.2, 0) is 4.79 Å². The lowest BCUT2D eigenvalue weighted by Gasteiger charge is -2.09. The lowest BCUT2D eigenvalue weighted by Crippen LogP contribution is -2.44. The molecule has 4 rings (SSSR count). The van der Waals surface area contributed by atoms with Crippen molar-refractivity contribution in [3.63, 3.8) is 0 Å². The smallest absolute Gasteiger partial charge is 0.269 e. The molecule has 8 nitrogen and oxygen atoms in total. The van der Waals surface area contributed by atoms with Gasteiger partial charge in [-0.25, -0.2) is 0 Å². The van der Waals surface area contributed by atoms with E-state index in [9.17, 15) is 9.59 Å². The number of carbonyl (C=O) groups excluding carboxylic acids is 2. The highest BCUT2D eigenvalue weighted by atomic mass is 16.5. The molecule has 0 saturated carbocycles. The lowest BCUT2D eigenvalue weighted by atomic mass is 10.1. The maximum absolute atomic E-state index is 12.5. The molecule has 156 valence electrons. The number of carbonyl (C=O) groups is 2. The topological polar surface area (TPSA) is 105 Å². The lowest BCUT2D eigenvalue weighted by molar-refractivity contribution is -0.120. The second-order valence-corrected chi connectivity index (χ2v) is 6.69. The number of aromatic nitrogens is 1. The number of hydrogen-bond acceptors (Lipinski definition) is 6. The number of rotatable bonds is 6. The highest BCUT2D eigenvalue weighted by Crippen LogP contribution is 2.29. The summed E-state index contributed by atoms with van der Waals surface area (Å²) in [6.45, 7) is -0.00451. The molecule has 0 unspecified atom stereocenters. The number of methoxy groups -OCH3 is 1. The second kappa shape index (κ2) is 9.00. The monoisotopic (exact) mass is 416 g/mol. The minimum absolute atomic E-state index is 0.00451. The Morgan fingerprint density at radius 3 is 2.48 bits per heavy atom. The highest BCUT2D eigenvalue weighted by molar-refractivity contribution is 6.01. The van der Waals surface area contributed by atoms with Crippen LogP contribution >= 0.6 is 0 Å². The van der Waals surface area contributed by atoms with E-state index in [0.717, 1.165) is 17.0 Å². The maximum Gasteiger partial charge on any atom is 0.269 e. The fourth-order valence-electron chi connectivity index (χ4n) is 3.01. The number of nitrogens with zero attached hydrogens (tertiary/aromatic N) is 1. The first-order valence-electron chi connectivity index (χ1n) is 9.56. The Labute approximate surface area is 178 Å². The summed E-state index contributed by atoms with van der Waals surface area (Å²) < 4.78 is 10.5. The van der Waals surface area contributed by atoms with Gasteiger partial charge in [-0.05, 0) is 42.5 Å². The Bertz CT molecular complexity index is 1200. The molecule has 31 heavy (non-hydrogen) atoms. The largest absolute Gasteiger partial charge is 0.497 e. The SMILES string of the molecule is COc1ccc(NCC(=O)NNC(=O)c2ccc3noc(-c4ccccc4)c3c2)cc1. The third-order valence-corrected chi connectivity index (χ3v) is 4.63. The molecule has 0 saturated heterocycles. The molecular formula is C23H20N4O4. The average molecular weight is 416 g/mol. The third kappa shape index (κ3) is 4.64. The summed E-state index contributed by atoms with van der Waals surface area (Å²) in [6.07, 6.45) is 0. The fraction of sp³-hybridized carbons (Fsp3) is 0.0870. The van der Waals surface area contributed by atoms with E-state index in [4.69, 9.17) is 9.26 Å². The van der Waals surface area contributed by atoms with Gasteiger partial charge in [-0.3, -0.25) is 20.4 Å². The number of amides is 2. The molecule has 0 fully saturated rings. The summed E-state index contributed by atoms with van der Waals surface area (Å²) in [5.41, 5.74) is 7.45. The normalized spacial score (nSPS) is 10.5. The first kappa shape index (κ1) is 20.0. The van der Waals surface area contributed by atoms with Crippen LogP contribution in [0.2, 0.25) is 0 Å². The van der Waals surface area contributed by atoms with E-state index in [-0.39, 0.29) is 12.5 Å². The van der Waals surface area contributed by atoms with E-state index in [1.54, 1.807) is 49.6 Å². The van der Waals surface area contributed by atoms with Gasteiger partial charge in [-0.1, -0.05) is 35.5 Å². The van der Waals surface area contributed by atoms with Crippen molar-refractivity contribution in [2.75, 3.05) is 19.0 Å². The van der Waals surface area contributed by atoms with Crippen LogP contribution in [0.5, 0.6) is 5.75 Å². The molecule has 3 aromatic carbocycles. The Kier molecular flexibility index (Phi) is 5.79. The summed E-state index contributed by atoms with van der Waals surface area (Å²) in [7, 11) is 1.59. The van der Waals surface area contributed by atoms with Crippen molar-refractivity contribution in [2.24, 2.45) is 0 Å². The van der Waals surface area contributed by atoms with Crippen LogP contribution in [0.4, 0.5) is 5.69 Å². The van der Waals surface area contributed by atoms with Crippen molar-refractivity contribution >= 4 is 28.4 Å². The van der Waals surface area contributed by atoms with Crippen LogP contribution in [0.1, 0.15) is 10.4 Å². The van der Waals surface area contributed by atoms with Crippen LogP contribution in [0.3, 0.4) is 0 Å². The van der Waals surface area contributed by atoms with Crippen LogP contribution < -0.4 is 20.9 Å². The maximum atomic E-state index is 12.5. The Balaban J connectivity index is 1.37. The van der Waals surface area contributed by atoms with Crippen LogP contribution in [0.15, 0.2) is 77.3 Å². The van der Waals surface area contributed by atoms with Crippen molar-refractivity contribution in [3.8, 4) is 17.1 Å². The Morgan fingerprint density at radius 1 is 0.968 bits per heavy atom. The molecular weight excluding hydrogens is 396 g/mol. The zero-order valence-corrected chi connectivity index (χ0v) is 16.7. The number of hydrazine groups is 1. The molecule has 0 aliphatic heterocycles. The zero-order chi connectivity index (χ0) is 21.6. The number of ether oxygens (including phenoxy) is 1. The minimum Gasteiger partial charge on any atom is -0.497 e. The van der Waals surface area contributed by atoms with E-state index in [2.05, 4.69) is 21.3 Å². The second-order valence-electron chi connectivity index (χ2n) is 6.69. The van der Waals surface area contributed by atoms with Crippen molar-refractivity contribution < 1.29 is 18.8 Å². The van der Waals surface area contributed by atoms with Gasteiger partial charge in [-0.2, -0.15) is 0 Å². The highest BCUT2D eigenvalue weighted by Gasteiger charge is 2.14. The fourth-order valence-corrected chi connectivity index (χ4v) is 3.01. The Morgan fingerprint density at radius 2 is 1.74 bits per heavy atom. The van der Waals surface area contributed by atoms with E-state index >= 15 is 0 Å². The van der Waals surface area contributed by atoms with E-state index in [1.165, 1.54) is 0 Å². The van der Waals surface area contributed by atoms with Crippen molar-refractivity contribution in [2.45, 2.75) is 0 Å². The van der Waals surface area contributed by atoms with Crippen molar-refractivity contribution in [3.05, 3.63) is 78.4 Å². The van der Waals surface area contributed by atoms with E-state index in [0.29, 0.717) is 22.2 Å². The minimum atomic E-state index is -0.445. The summed E-state index contributed by atoms with van der Waals surface area (Å²) in [5.74, 6) is 0.473. The molecule has 0 spiro atoms. The number of nitrogens with one attached hydrogen (secondary N) is 3. The molecule has 0 bridgehead atoms. The van der Waals surface area contributed by atoms with Gasteiger partial charge in [0.25, 0.3) is 11.8 Å². The first-order chi connectivity index (χ1) is 15.1. The first-order valence-corrected chi connectivity index (χ1v) is 9.56. The van der Waals surface area contributed by atoms with Crippen molar-refractivity contribution in [1.82, 2.24) is 16.0 Å². The average Bonchev–Trinajstić information content (AvgIpc) is 3.25. The number of benzene rings is 3. The predicted octanol–water partition coefficient (Wildman–Crippen LogP) is 3.38. The molecule has 0 radical (unpaired) electrons. The summed E-state index contributed by atoms with van der Waals surface area (Å²) in [6, 6.07) is 21.7. The van der Waals surface area contributed by atoms with Gasteiger partial charge in [0.2, 0.25) is 0 Å². The number of fused-ring (bicyclic) bond motifs is 1. The van der Waals surface area contributed by atoms with Gasteiger partial charge in [-0.15, -0.1) is 0 Å². The summed E-state index contributed by atoms with van der Waals surface area (Å²) in [4.78, 5) is 24.5. The predicted molar refractivity (Wildman–Crippen MR) is 117 cm³/mol. The van der Waals surface area contributed by atoms with Crippen LogP contribution in [0, 0.1) is 0 Å². The van der Waals surface area contributed by atoms with Crippen LogP contribution in [-0.4, -0.2) is 30.6 Å². The third-order valence-electron chi connectivity index (χ3n) is 4.63. The molecule has 8 heteroatoms. The quantitative estimate of drug-likeness (QED) is 0.416. The van der Waals surface area contributed by atoms with Crippen molar-refractivity contribution in [1.29, 1.82) is 0 Å². The molecule has 3 N–H and O–H groups in total. The van der Waals surface area contributed by atoms with Gasteiger partial charge < -0.3 is 14.6 Å². The molecule has 0 aliphatic rings. The molecule has 4 aromatic rings. The molecule has 1 aromatic heterocycles. The van der Waals surface area contributed by atoms with Gasteiger partial charge in [0.05, 0.1) is 19.0 Å². The molecule has 2 amide bonds. The van der Waals surface area contributed by atoms with Gasteiger partial charge in [0.15, 0.2) is 5.76 Å². The van der Waals surface area contributed by atoms with E-state index in [1.807, 2.05) is 30.3 Å². The molecule has 0 aliphatic carbocycles. The van der Waals surface area contributed by atoms with Gasteiger partial charge in [0.1, 0.15) is 11.3 Å². The van der Waals surface area contributed by atoms with E-state index < -0.39 is 5.91 Å². The Hall–Kier alpha value is -4.33. The standard InChI is InChI=1S/C23H20N4O4/c1-30-18-10-8-17(9-11-18)24-14-21(28)25-26-23(29)16-7-12-20-19(13-16)22(31-27-20)15-5-3-2-4-6-15/h2-13,24H,14H2,1H3,(H,25,28)(H,26,29).